The van der Waals surface area contributed by atoms with Gasteiger partial charge in [-0.15, -0.1) is 0 Å². The molecule has 1 N–H and O–H groups in total. The van der Waals surface area contributed by atoms with Gasteiger partial charge < -0.3 is 9.84 Å². The van der Waals surface area contributed by atoms with Crippen molar-refractivity contribution in [1.29, 1.82) is 0 Å². The van der Waals surface area contributed by atoms with Crippen molar-refractivity contribution in [3.63, 3.8) is 0 Å². The van der Waals surface area contributed by atoms with E-state index in [4.69, 9.17) is 21.4 Å². The number of carboxylic acid groups (broad SMARTS) is 1. The lowest BCUT2D eigenvalue weighted by molar-refractivity contribution is -0.385. The Kier molecular flexibility index (Phi) is 4.04. The van der Waals surface area contributed by atoms with Crippen LogP contribution in [0.25, 0.3) is 0 Å². The van der Waals surface area contributed by atoms with Crippen molar-refractivity contribution < 1.29 is 24.0 Å². The van der Waals surface area contributed by atoms with E-state index in [2.05, 4.69) is 0 Å². The average molecular weight is 312 g/mol. The van der Waals surface area contributed by atoms with Gasteiger partial charge in [-0.2, -0.15) is 0 Å². The maximum atomic E-state index is 13.7. The van der Waals surface area contributed by atoms with Crippen LogP contribution in [0.2, 0.25) is 5.02 Å². The van der Waals surface area contributed by atoms with Crippen LogP contribution in [-0.2, 0) is 0 Å². The van der Waals surface area contributed by atoms with Crippen LogP contribution in [0.3, 0.4) is 0 Å². The predicted octanol–water partition coefficient (Wildman–Crippen LogP) is 3.88. The zero-order valence-electron chi connectivity index (χ0n) is 10.2. The van der Waals surface area contributed by atoms with E-state index in [0.29, 0.717) is 0 Å². The molecule has 0 unspecified atom stereocenters. The summed E-state index contributed by atoms with van der Waals surface area (Å²) in [5, 5.41) is 20.0. The third-order valence-corrected chi connectivity index (χ3v) is 2.76. The largest absolute Gasteiger partial charge is 0.478 e. The molecular formula is C13H7ClFNO5. The predicted molar refractivity (Wildman–Crippen MR) is 71.5 cm³/mol. The summed E-state index contributed by atoms with van der Waals surface area (Å²) >= 11 is 5.72. The van der Waals surface area contributed by atoms with Crippen molar-refractivity contribution >= 4 is 23.3 Å². The van der Waals surface area contributed by atoms with Crippen LogP contribution in [0.15, 0.2) is 36.4 Å². The zero-order chi connectivity index (χ0) is 15.6. The average Bonchev–Trinajstić information content (AvgIpc) is 2.40. The minimum absolute atomic E-state index is 0.129. The molecule has 0 saturated carbocycles. The van der Waals surface area contributed by atoms with Crippen LogP contribution in [0, 0.1) is 15.9 Å². The summed E-state index contributed by atoms with van der Waals surface area (Å²) in [7, 11) is 0. The number of nitrogens with zero attached hydrogens (tertiary/aromatic N) is 1. The molecule has 8 heteroatoms. The molecule has 0 aromatic heterocycles. The number of carboxylic acids is 1. The highest BCUT2D eigenvalue weighted by atomic mass is 35.5. The summed E-state index contributed by atoms with van der Waals surface area (Å²) in [6.07, 6.45) is 0. The fourth-order valence-corrected chi connectivity index (χ4v) is 1.77. The van der Waals surface area contributed by atoms with Crippen molar-refractivity contribution in [2.45, 2.75) is 0 Å². The number of halogens is 2. The minimum atomic E-state index is -1.42. The molecule has 0 aliphatic rings. The Balaban J connectivity index is 2.55. The van der Waals surface area contributed by atoms with Gasteiger partial charge in [0, 0.05) is 17.2 Å². The fourth-order valence-electron chi connectivity index (χ4n) is 1.61. The first-order valence-corrected chi connectivity index (χ1v) is 5.91. The maximum Gasteiger partial charge on any atom is 0.339 e. The second kappa shape index (κ2) is 5.76. The smallest absolute Gasteiger partial charge is 0.339 e. The van der Waals surface area contributed by atoms with E-state index in [1.807, 2.05) is 0 Å². The number of nitro benzene ring substituents is 1. The Morgan fingerprint density at radius 2 is 2.05 bits per heavy atom. The third-order valence-electron chi connectivity index (χ3n) is 2.53. The molecule has 21 heavy (non-hydrogen) atoms. The molecule has 0 fully saturated rings. The van der Waals surface area contributed by atoms with E-state index in [1.54, 1.807) is 0 Å². The molecule has 0 heterocycles. The quantitative estimate of drug-likeness (QED) is 0.683. The molecule has 0 aliphatic carbocycles. The molecule has 2 aromatic rings. The SMILES string of the molecule is O=C(O)c1cccc(F)c1Oc1cc(Cl)ccc1[N+](=O)[O-]. The van der Waals surface area contributed by atoms with Crippen molar-refractivity contribution in [3.8, 4) is 11.5 Å². The number of para-hydroxylation sites is 1. The van der Waals surface area contributed by atoms with E-state index < -0.39 is 33.7 Å². The Morgan fingerprint density at radius 3 is 2.67 bits per heavy atom. The molecule has 0 atom stereocenters. The second-order valence-electron chi connectivity index (χ2n) is 3.89. The van der Waals surface area contributed by atoms with Gasteiger partial charge in [0.25, 0.3) is 0 Å². The van der Waals surface area contributed by atoms with Crippen LogP contribution < -0.4 is 4.74 Å². The Morgan fingerprint density at radius 1 is 1.33 bits per heavy atom. The lowest BCUT2D eigenvalue weighted by atomic mass is 10.2. The Bertz CT molecular complexity index is 734. The van der Waals surface area contributed by atoms with Gasteiger partial charge in [0.1, 0.15) is 5.56 Å². The summed E-state index contributed by atoms with van der Waals surface area (Å²) in [4.78, 5) is 21.2. The number of aromatic carboxylic acids is 1. The maximum absolute atomic E-state index is 13.7. The molecule has 0 saturated heterocycles. The van der Waals surface area contributed by atoms with E-state index in [0.717, 1.165) is 24.3 Å². The van der Waals surface area contributed by atoms with E-state index in [9.17, 15) is 19.3 Å². The van der Waals surface area contributed by atoms with Crippen molar-refractivity contribution in [2.24, 2.45) is 0 Å². The first-order chi connectivity index (χ1) is 9.90. The van der Waals surface area contributed by atoms with Crippen LogP contribution in [0.4, 0.5) is 10.1 Å². The first kappa shape index (κ1) is 14.7. The van der Waals surface area contributed by atoms with E-state index in [1.165, 1.54) is 12.1 Å². The number of rotatable bonds is 4. The third kappa shape index (κ3) is 3.09. The summed E-state index contributed by atoms with van der Waals surface area (Å²) in [5.41, 5.74) is -0.914. The van der Waals surface area contributed by atoms with Crippen molar-refractivity contribution in [2.75, 3.05) is 0 Å². The lowest BCUT2D eigenvalue weighted by Crippen LogP contribution is -2.03. The number of benzene rings is 2. The van der Waals surface area contributed by atoms with Crippen LogP contribution >= 0.6 is 11.6 Å². The summed E-state index contributed by atoms with van der Waals surface area (Å²) < 4.78 is 18.8. The van der Waals surface area contributed by atoms with Crippen LogP contribution in [-0.4, -0.2) is 16.0 Å². The first-order valence-electron chi connectivity index (χ1n) is 5.53. The number of hydrogen-bond acceptors (Lipinski definition) is 4. The van der Waals surface area contributed by atoms with Gasteiger partial charge in [-0.3, -0.25) is 10.1 Å². The minimum Gasteiger partial charge on any atom is -0.478 e. The Hall–Kier alpha value is -2.67. The highest BCUT2D eigenvalue weighted by Gasteiger charge is 2.21. The highest BCUT2D eigenvalue weighted by Crippen LogP contribution is 2.36. The monoisotopic (exact) mass is 311 g/mol. The molecule has 0 amide bonds. The van der Waals surface area contributed by atoms with Gasteiger partial charge in [0.15, 0.2) is 11.6 Å². The zero-order valence-corrected chi connectivity index (χ0v) is 11.0. The molecule has 0 aliphatic heterocycles. The highest BCUT2D eigenvalue weighted by molar-refractivity contribution is 6.30. The summed E-state index contributed by atoms with van der Waals surface area (Å²) in [5.74, 6) is -3.34. The van der Waals surface area contributed by atoms with Gasteiger partial charge in [-0.25, -0.2) is 9.18 Å². The van der Waals surface area contributed by atoms with Gasteiger partial charge in [0.2, 0.25) is 5.75 Å². The number of carbonyl (C=O) groups is 1. The van der Waals surface area contributed by atoms with Crippen molar-refractivity contribution in [1.82, 2.24) is 0 Å². The molecule has 6 nitrogen and oxygen atoms in total. The molecular weight excluding hydrogens is 305 g/mol. The fraction of sp³-hybridized carbons (Fsp3) is 0. The molecule has 0 bridgehead atoms. The molecule has 0 radical (unpaired) electrons. The number of ether oxygens (including phenoxy) is 1. The van der Waals surface area contributed by atoms with E-state index >= 15 is 0 Å². The van der Waals surface area contributed by atoms with E-state index in [-0.39, 0.29) is 10.8 Å². The number of hydrogen-bond donors (Lipinski definition) is 1. The topological polar surface area (TPSA) is 89.7 Å². The molecule has 2 rings (SSSR count). The summed E-state index contributed by atoms with van der Waals surface area (Å²) in [6, 6.07) is 6.76. The second-order valence-corrected chi connectivity index (χ2v) is 4.33. The summed E-state index contributed by atoms with van der Waals surface area (Å²) in [6.45, 7) is 0. The normalized spacial score (nSPS) is 10.2. The van der Waals surface area contributed by atoms with Gasteiger partial charge in [-0.05, 0) is 18.2 Å². The van der Waals surface area contributed by atoms with Crippen LogP contribution in [0.1, 0.15) is 10.4 Å². The van der Waals surface area contributed by atoms with Gasteiger partial charge in [-0.1, -0.05) is 17.7 Å². The lowest BCUT2D eigenvalue weighted by Gasteiger charge is -2.10. The molecule has 2 aromatic carbocycles. The van der Waals surface area contributed by atoms with Crippen LogP contribution in [0.5, 0.6) is 11.5 Å². The molecule has 108 valence electrons. The standard InChI is InChI=1S/C13H7ClFNO5/c14-7-4-5-10(16(19)20)11(6-7)21-12-8(13(17)18)2-1-3-9(12)15/h1-6H,(H,17,18). The number of nitro groups is 1. The van der Waals surface area contributed by atoms with Gasteiger partial charge >= 0.3 is 11.7 Å². The van der Waals surface area contributed by atoms with Gasteiger partial charge in [0.05, 0.1) is 4.92 Å². The Labute approximate surface area is 122 Å². The molecule has 0 spiro atoms. The van der Waals surface area contributed by atoms with Crippen molar-refractivity contribution in [3.05, 3.63) is 62.9 Å².